The molecule has 0 bridgehead atoms. The van der Waals surface area contributed by atoms with Crippen molar-refractivity contribution < 1.29 is 9.53 Å². The average Bonchev–Trinajstić information content (AvgIpc) is 3.13. The zero-order valence-electron chi connectivity index (χ0n) is 20.9. The van der Waals surface area contributed by atoms with Gasteiger partial charge in [0.15, 0.2) is 0 Å². The van der Waals surface area contributed by atoms with E-state index in [9.17, 15) is 9.59 Å². The smallest absolute Gasteiger partial charge is 0.350 e. The number of rotatable bonds is 12. The minimum absolute atomic E-state index is 0. The Bertz CT molecular complexity index is 933. The van der Waals surface area contributed by atoms with Gasteiger partial charge in [0.2, 0.25) is 0 Å². The number of piperidine rings is 1. The fourth-order valence-corrected chi connectivity index (χ4v) is 4.79. The Labute approximate surface area is 209 Å². The molecule has 0 aliphatic carbocycles. The summed E-state index contributed by atoms with van der Waals surface area (Å²) >= 11 is 0. The summed E-state index contributed by atoms with van der Waals surface area (Å²) in [6, 6.07) is 7.92. The van der Waals surface area contributed by atoms with Crippen molar-refractivity contribution in [3.63, 3.8) is 0 Å². The van der Waals surface area contributed by atoms with Gasteiger partial charge in [-0.05, 0) is 75.7 Å². The van der Waals surface area contributed by atoms with Crippen LogP contribution in [-0.4, -0.2) is 40.5 Å². The van der Waals surface area contributed by atoms with Crippen LogP contribution in [0.5, 0.6) is 0 Å². The quantitative estimate of drug-likeness (QED) is 0.349. The Morgan fingerprint density at radius 1 is 1.18 bits per heavy atom. The van der Waals surface area contributed by atoms with Crippen molar-refractivity contribution in [3.05, 3.63) is 46.1 Å². The number of benzene rings is 1. The monoisotopic (exact) mass is 492 g/mol. The predicted octanol–water partition coefficient (Wildman–Crippen LogP) is 4.46. The third-order valence-electron chi connectivity index (χ3n) is 6.83. The van der Waals surface area contributed by atoms with Crippen LogP contribution >= 0.6 is 12.4 Å². The fraction of sp³-hybridized carbons (Fsp3) is 0.654. The van der Waals surface area contributed by atoms with Crippen molar-refractivity contribution in [2.75, 3.05) is 20.2 Å². The van der Waals surface area contributed by atoms with E-state index in [0.717, 1.165) is 50.0 Å². The van der Waals surface area contributed by atoms with E-state index < -0.39 is 0 Å². The highest BCUT2D eigenvalue weighted by Crippen LogP contribution is 2.20. The van der Waals surface area contributed by atoms with Gasteiger partial charge in [0.25, 0.3) is 0 Å². The maximum Gasteiger partial charge on any atom is 0.350 e. The van der Waals surface area contributed by atoms with Crippen LogP contribution in [0.2, 0.25) is 0 Å². The molecule has 1 aliphatic heterocycles. The number of hydrogen-bond donors (Lipinski definition) is 1. The second kappa shape index (κ2) is 14.3. The van der Waals surface area contributed by atoms with Gasteiger partial charge in [-0.3, -0.25) is 4.79 Å². The number of hydrogen-bond acceptors (Lipinski definition) is 5. The maximum atomic E-state index is 13.0. The normalized spacial score (nSPS) is 15.0. The van der Waals surface area contributed by atoms with Gasteiger partial charge in [-0.25, -0.2) is 14.0 Å². The molecule has 3 rings (SSSR count). The summed E-state index contributed by atoms with van der Waals surface area (Å²) in [7, 11) is 1.46. The Hall–Kier alpha value is -2.12. The first-order valence-corrected chi connectivity index (χ1v) is 12.6. The molecule has 1 saturated heterocycles. The van der Waals surface area contributed by atoms with Gasteiger partial charge in [0, 0.05) is 6.54 Å². The minimum Gasteiger partial charge on any atom is -0.469 e. The van der Waals surface area contributed by atoms with Gasteiger partial charge in [-0.15, -0.1) is 12.4 Å². The molecule has 1 unspecified atom stereocenters. The molecule has 1 aromatic heterocycles. The molecule has 0 radical (unpaired) electrons. The summed E-state index contributed by atoms with van der Waals surface area (Å²) < 4.78 is 8.32. The standard InChI is InChI=1S/C26H40N4O3.ClH/c1-4-5-6-7-8-23(25(31)33-3)19-22-9-11-24(12-10-22)30-20(2)28-29(26(30)32)18-15-21-13-16-27-17-14-21;/h9-12,21,23,27H,4-8,13-19H2,1-3H3;1H. The zero-order chi connectivity index (χ0) is 23.6. The number of carbonyl (C=O) groups excluding carboxylic acids is 1. The minimum atomic E-state index is -0.141. The van der Waals surface area contributed by atoms with Gasteiger partial charge in [0.1, 0.15) is 5.82 Å². The molecule has 1 aliphatic rings. The van der Waals surface area contributed by atoms with Gasteiger partial charge in [-0.2, -0.15) is 5.10 Å². The van der Waals surface area contributed by atoms with E-state index in [1.165, 1.54) is 32.8 Å². The van der Waals surface area contributed by atoms with Gasteiger partial charge >= 0.3 is 11.7 Å². The highest BCUT2D eigenvalue weighted by molar-refractivity contribution is 5.85. The van der Waals surface area contributed by atoms with Crippen molar-refractivity contribution in [2.45, 2.75) is 78.2 Å². The molecule has 0 spiro atoms. The number of esters is 1. The van der Waals surface area contributed by atoms with E-state index in [1.807, 2.05) is 31.2 Å². The summed E-state index contributed by atoms with van der Waals surface area (Å²) in [5.74, 6) is 1.09. The third-order valence-corrected chi connectivity index (χ3v) is 6.83. The van der Waals surface area contributed by atoms with E-state index in [2.05, 4.69) is 17.3 Å². The zero-order valence-corrected chi connectivity index (χ0v) is 21.7. The first kappa shape index (κ1) is 28.1. The molecule has 8 heteroatoms. The lowest BCUT2D eigenvalue weighted by molar-refractivity contribution is -0.145. The Morgan fingerprint density at radius 2 is 1.88 bits per heavy atom. The van der Waals surface area contributed by atoms with Crippen molar-refractivity contribution in [3.8, 4) is 5.69 Å². The molecule has 1 fully saturated rings. The molecule has 1 N–H and O–H groups in total. The maximum absolute atomic E-state index is 13.0. The number of ether oxygens (including phenoxy) is 1. The molecule has 2 aromatic rings. The average molecular weight is 493 g/mol. The molecular formula is C26H41ClN4O3. The molecule has 34 heavy (non-hydrogen) atoms. The number of unbranched alkanes of at least 4 members (excludes halogenated alkanes) is 3. The Morgan fingerprint density at radius 3 is 2.53 bits per heavy atom. The van der Waals surface area contributed by atoms with Gasteiger partial charge < -0.3 is 10.1 Å². The first-order valence-electron chi connectivity index (χ1n) is 12.6. The highest BCUT2D eigenvalue weighted by atomic mass is 35.5. The number of nitrogens with one attached hydrogen (secondary N) is 1. The molecular weight excluding hydrogens is 452 g/mol. The SMILES string of the molecule is CCCCCCC(Cc1ccc(-n2c(C)nn(CCC3CCNCC3)c2=O)cc1)C(=O)OC.Cl. The topological polar surface area (TPSA) is 78.2 Å². The van der Waals surface area contributed by atoms with Crippen LogP contribution in [0.15, 0.2) is 29.1 Å². The second-order valence-electron chi connectivity index (χ2n) is 9.31. The first-order chi connectivity index (χ1) is 16.0. The summed E-state index contributed by atoms with van der Waals surface area (Å²) in [6.07, 6.45) is 9.38. The molecule has 2 heterocycles. The van der Waals surface area contributed by atoms with Crippen LogP contribution in [0.4, 0.5) is 0 Å². The lowest BCUT2D eigenvalue weighted by Crippen LogP contribution is -2.30. The van der Waals surface area contributed by atoms with Crippen LogP contribution in [0.1, 0.15) is 69.7 Å². The lowest BCUT2D eigenvalue weighted by Gasteiger charge is -2.22. The number of aromatic nitrogens is 3. The summed E-state index contributed by atoms with van der Waals surface area (Å²) in [6.45, 7) is 6.85. The van der Waals surface area contributed by atoms with Crippen LogP contribution in [-0.2, 0) is 22.5 Å². The molecule has 7 nitrogen and oxygen atoms in total. The van der Waals surface area contributed by atoms with Crippen LogP contribution < -0.4 is 11.0 Å². The highest BCUT2D eigenvalue weighted by Gasteiger charge is 2.20. The predicted molar refractivity (Wildman–Crippen MR) is 138 cm³/mol. The van der Waals surface area contributed by atoms with E-state index in [0.29, 0.717) is 24.7 Å². The Balaban J connectivity index is 0.00000408. The number of methoxy groups -OCH3 is 1. The largest absolute Gasteiger partial charge is 0.469 e. The lowest BCUT2D eigenvalue weighted by atomic mass is 9.93. The molecule has 0 saturated carbocycles. The van der Waals surface area contributed by atoms with Crippen molar-refractivity contribution in [1.29, 1.82) is 0 Å². The van der Waals surface area contributed by atoms with Crippen molar-refractivity contribution >= 4 is 18.4 Å². The molecule has 1 aromatic carbocycles. The van der Waals surface area contributed by atoms with E-state index in [4.69, 9.17) is 4.74 Å². The van der Waals surface area contributed by atoms with Crippen molar-refractivity contribution in [2.24, 2.45) is 11.8 Å². The second-order valence-corrected chi connectivity index (χ2v) is 9.31. The number of nitrogens with zero attached hydrogens (tertiary/aromatic N) is 3. The summed E-state index contributed by atoms with van der Waals surface area (Å²) in [5, 5.41) is 7.90. The van der Waals surface area contributed by atoms with Crippen LogP contribution in [0.3, 0.4) is 0 Å². The van der Waals surface area contributed by atoms with Gasteiger partial charge in [-0.1, -0.05) is 44.7 Å². The summed E-state index contributed by atoms with van der Waals surface area (Å²) in [5.41, 5.74) is 1.80. The molecule has 0 amide bonds. The van der Waals surface area contributed by atoms with E-state index in [1.54, 1.807) is 9.25 Å². The van der Waals surface area contributed by atoms with Crippen molar-refractivity contribution in [1.82, 2.24) is 19.7 Å². The number of aryl methyl sites for hydroxylation is 2. The van der Waals surface area contributed by atoms with E-state index in [-0.39, 0.29) is 30.0 Å². The van der Waals surface area contributed by atoms with Gasteiger partial charge in [0.05, 0.1) is 18.7 Å². The number of halogens is 1. The van der Waals surface area contributed by atoms with E-state index >= 15 is 0 Å². The fourth-order valence-electron chi connectivity index (χ4n) is 4.79. The van der Waals surface area contributed by atoms with Crippen LogP contribution in [0, 0.1) is 18.8 Å². The summed E-state index contributed by atoms with van der Waals surface area (Å²) in [4.78, 5) is 25.3. The molecule has 1 atom stereocenters. The third kappa shape index (κ3) is 7.70. The molecule has 190 valence electrons. The van der Waals surface area contributed by atoms with Crippen LogP contribution in [0.25, 0.3) is 5.69 Å². The number of carbonyl (C=O) groups is 1. The Kier molecular flexibility index (Phi) is 11.8.